The Hall–Kier alpha value is -1.19. The molecule has 1 unspecified atom stereocenters. The Morgan fingerprint density at radius 1 is 1.19 bits per heavy atom. The zero-order valence-corrected chi connectivity index (χ0v) is 13.8. The van der Waals surface area contributed by atoms with Crippen LogP contribution >= 0.6 is 11.3 Å². The smallest absolute Gasteiger partial charge is 0.115 e. The third-order valence-corrected chi connectivity index (χ3v) is 5.34. The van der Waals surface area contributed by atoms with Crippen molar-refractivity contribution < 1.29 is 0 Å². The number of nitrogens with zero attached hydrogens (tertiary/aromatic N) is 1. The lowest BCUT2D eigenvalue weighted by Crippen LogP contribution is -2.23. The quantitative estimate of drug-likeness (QED) is 0.884. The van der Waals surface area contributed by atoms with E-state index in [1.807, 2.05) is 11.3 Å². The number of rotatable bonds is 5. The number of hydrogen-bond donors (Lipinski definition) is 1. The normalized spacial score (nSPS) is 15.7. The van der Waals surface area contributed by atoms with Gasteiger partial charge in [0.2, 0.25) is 0 Å². The molecule has 1 heterocycles. The molecule has 1 aromatic carbocycles. The molecule has 0 fully saturated rings. The van der Waals surface area contributed by atoms with E-state index in [1.54, 1.807) is 0 Å². The van der Waals surface area contributed by atoms with Gasteiger partial charge < -0.3 is 5.32 Å². The fraction of sp³-hybridized carbons (Fsp3) is 0.500. The van der Waals surface area contributed by atoms with Crippen LogP contribution in [0.5, 0.6) is 0 Å². The average Bonchev–Trinajstić information content (AvgIpc) is 2.93. The molecular weight excluding hydrogens is 276 g/mol. The number of benzene rings is 1. The van der Waals surface area contributed by atoms with Crippen molar-refractivity contribution in [1.29, 1.82) is 0 Å². The second-order valence-corrected chi connectivity index (χ2v) is 7.04. The second kappa shape index (κ2) is 6.71. The van der Waals surface area contributed by atoms with Gasteiger partial charge in [-0.2, -0.15) is 0 Å². The summed E-state index contributed by atoms with van der Waals surface area (Å²) in [5.41, 5.74) is 4.00. The van der Waals surface area contributed by atoms with E-state index in [0.29, 0.717) is 0 Å². The van der Waals surface area contributed by atoms with Gasteiger partial charge in [0, 0.05) is 4.88 Å². The van der Waals surface area contributed by atoms with Crippen LogP contribution in [0.1, 0.15) is 58.9 Å². The molecule has 21 heavy (non-hydrogen) atoms. The van der Waals surface area contributed by atoms with Crippen molar-refractivity contribution in [1.82, 2.24) is 10.3 Å². The fourth-order valence-electron chi connectivity index (χ4n) is 2.89. The molecule has 0 radical (unpaired) electrons. The van der Waals surface area contributed by atoms with Crippen LogP contribution in [-0.4, -0.2) is 11.5 Å². The summed E-state index contributed by atoms with van der Waals surface area (Å²) in [5, 5.41) is 4.93. The molecule has 1 aliphatic rings. The maximum atomic E-state index is 4.96. The van der Waals surface area contributed by atoms with Gasteiger partial charge in [0.05, 0.1) is 11.7 Å². The van der Waals surface area contributed by atoms with Gasteiger partial charge >= 0.3 is 0 Å². The minimum Gasteiger partial charge on any atom is -0.304 e. The van der Waals surface area contributed by atoms with Crippen LogP contribution < -0.4 is 5.32 Å². The highest BCUT2D eigenvalue weighted by molar-refractivity contribution is 7.11. The van der Waals surface area contributed by atoms with Crippen molar-refractivity contribution in [3.8, 4) is 0 Å². The largest absolute Gasteiger partial charge is 0.304 e. The summed E-state index contributed by atoms with van der Waals surface area (Å²) in [6, 6.07) is 9.13. The van der Waals surface area contributed by atoms with Gasteiger partial charge in [-0.3, -0.25) is 0 Å². The number of fused-ring (bicyclic) bond motifs is 1. The molecular formula is C18H24N2S. The Balaban J connectivity index is 1.91. The van der Waals surface area contributed by atoms with E-state index in [0.717, 1.165) is 13.0 Å². The van der Waals surface area contributed by atoms with E-state index in [2.05, 4.69) is 43.4 Å². The first-order chi connectivity index (χ1) is 10.3. The number of nitrogens with one attached hydrogen (secondary N) is 1. The monoisotopic (exact) mass is 300 g/mol. The average molecular weight is 300 g/mol. The van der Waals surface area contributed by atoms with E-state index in [-0.39, 0.29) is 6.04 Å². The molecule has 1 N–H and O–H groups in total. The zero-order chi connectivity index (χ0) is 14.7. The van der Waals surface area contributed by atoms with Gasteiger partial charge in [-0.25, -0.2) is 4.98 Å². The minimum absolute atomic E-state index is 0.251. The van der Waals surface area contributed by atoms with Gasteiger partial charge in [-0.1, -0.05) is 36.8 Å². The number of hydrogen-bond acceptors (Lipinski definition) is 3. The summed E-state index contributed by atoms with van der Waals surface area (Å²) in [7, 11) is 0. The summed E-state index contributed by atoms with van der Waals surface area (Å²) in [6.45, 7) is 5.38. The molecule has 112 valence electrons. The maximum absolute atomic E-state index is 4.96. The lowest BCUT2D eigenvalue weighted by molar-refractivity contribution is 0.592. The summed E-state index contributed by atoms with van der Waals surface area (Å²) in [5.74, 6) is 0. The van der Waals surface area contributed by atoms with E-state index < -0.39 is 0 Å². The summed E-state index contributed by atoms with van der Waals surface area (Å²) in [4.78, 5) is 6.48. The van der Waals surface area contributed by atoms with Gasteiger partial charge in [0.15, 0.2) is 0 Å². The lowest BCUT2D eigenvalue weighted by Gasteiger charge is -2.17. The van der Waals surface area contributed by atoms with Gasteiger partial charge in [0.25, 0.3) is 0 Å². The molecule has 1 aliphatic carbocycles. The molecule has 0 amide bonds. The molecule has 0 saturated carbocycles. The molecule has 1 atom stereocenters. The first kappa shape index (κ1) is 14.7. The Bertz CT molecular complexity index is 562. The summed E-state index contributed by atoms with van der Waals surface area (Å²) < 4.78 is 0. The third-order valence-electron chi connectivity index (χ3n) is 4.12. The minimum atomic E-state index is 0.251. The van der Waals surface area contributed by atoms with Crippen molar-refractivity contribution in [2.75, 3.05) is 6.54 Å². The first-order valence-corrected chi connectivity index (χ1v) is 8.88. The zero-order valence-electron chi connectivity index (χ0n) is 13.0. The predicted octanol–water partition coefficient (Wildman–Crippen LogP) is 4.42. The van der Waals surface area contributed by atoms with Crippen LogP contribution in [-0.2, 0) is 12.8 Å². The molecule has 2 aromatic rings. The van der Waals surface area contributed by atoms with Crippen molar-refractivity contribution in [2.45, 2.75) is 52.0 Å². The topological polar surface area (TPSA) is 24.9 Å². The number of thiazole rings is 1. The molecule has 1 aromatic heterocycles. The van der Waals surface area contributed by atoms with E-state index in [1.165, 1.54) is 52.4 Å². The van der Waals surface area contributed by atoms with Crippen molar-refractivity contribution in [2.24, 2.45) is 0 Å². The molecule has 0 aliphatic heterocycles. The van der Waals surface area contributed by atoms with Gasteiger partial charge in [-0.15, -0.1) is 11.3 Å². The highest BCUT2D eigenvalue weighted by atomic mass is 32.1. The van der Waals surface area contributed by atoms with Crippen molar-refractivity contribution in [3.05, 3.63) is 51.0 Å². The second-order valence-electron chi connectivity index (χ2n) is 5.93. The molecule has 0 saturated heterocycles. The Morgan fingerprint density at radius 2 is 1.95 bits per heavy atom. The first-order valence-electron chi connectivity index (χ1n) is 8.06. The SMILES string of the molecule is CCCNC(c1ccc(C)cc1)c1nc2c(s1)CCCC2. The highest BCUT2D eigenvalue weighted by Crippen LogP contribution is 2.32. The predicted molar refractivity (Wildman–Crippen MR) is 90.1 cm³/mol. The van der Waals surface area contributed by atoms with Gasteiger partial charge in [0.1, 0.15) is 5.01 Å². The van der Waals surface area contributed by atoms with Crippen LogP contribution in [0.3, 0.4) is 0 Å². The highest BCUT2D eigenvalue weighted by Gasteiger charge is 2.21. The number of aromatic nitrogens is 1. The molecule has 0 bridgehead atoms. The van der Waals surface area contributed by atoms with Crippen LogP contribution in [0.4, 0.5) is 0 Å². The molecule has 3 heteroatoms. The summed E-state index contributed by atoms with van der Waals surface area (Å²) in [6.07, 6.45) is 6.16. The standard InChI is InChI=1S/C18H24N2S/c1-3-12-19-17(14-10-8-13(2)9-11-14)18-20-15-6-4-5-7-16(15)21-18/h8-11,17,19H,3-7,12H2,1-2H3. The Kier molecular flexibility index (Phi) is 4.71. The van der Waals surface area contributed by atoms with Crippen LogP contribution in [0.25, 0.3) is 0 Å². The van der Waals surface area contributed by atoms with Gasteiger partial charge in [-0.05, 0) is 51.1 Å². The molecule has 0 spiro atoms. The maximum Gasteiger partial charge on any atom is 0.115 e. The van der Waals surface area contributed by atoms with Crippen molar-refractivity contribution >= 4 is 11.3 Å². The van der Waals surface area contributed by atoms with E-state index >= 15 is 0 Å². The molecule has 3 rings (SSSR count). The Morgan fingerprint density at radius 3 is 2.67 bits per heavy atom. The fourth-order valence-corrected chi connectivity index (χ4v) is 4.15. The van der Waals surface area contributed by atoms with E-state index in [9.17, 15) is 0 Å². The Labute approximate surface area is 131 Å². The number of aryl methyl sites for hydroxylation is 3. The summed E-state index contributed by atoms with van der Waals surface area (Å²) >= 11 is 1.92. The van der Waals surface area contributed by atoms with Crippen LogP contribution in [0.2, 0.25) is 0 Å². The van der Waals surface area contributed by atoms with Crippen LogP contribution in [0, 0.1) is 6.92 Å². The van der Waals surface area contributed by atoms with E-state index in [4.69, 9.17) is 4.98 Å². The molecule has 2 nitrogen and oxygen atoms in total. The van der Waals surface area contributed by atoms with Crippen LogP contribution in [0.15, 0.2) is 24.3 Å². The third kappa shape index (κ3) is 3.35. The van der Waals surface area contributed by atoms with Crippen molar-refractivity contribution in [3.63, 3.8) is 0 Å². The lowest BCUT2D eigenvalue weighted by atomic mass is 10.0.